The van der Waals surface area contributed by atoms with Crippen LogP contribution in [0.5, 0.6) is 0 Å². The van der Waals surface area contributed by atoms with E-state index < -0.39 is 0 Å². The van der Waals surface area contributed by atoms with Crippen molar-refractivity contribution in [2.75, 3.05) is 36.5 Å². The Morgan fingerprint density at radius 3 is 2.48 bits per heavy atom. The van der Waals surface area contributed by atoms with Crippen molar-refractivity contribution in [3.05, 3.63) is 69.1 Å². The minimum absolute atomic E-state index is 0.0687. The second kappa shape index (κ2) is 8.41. The highest BCUT2D eigenvalue weighted by Gasteiger charge is 2.22. The van der Waals surface area contributed by atoms with Crippen molar-refractivity contribution in [1.82, 2.24) is 0 Å². The van der Waals surface area contributed by atoms with E-state index in [1.54, 1.807) is 11.3 Å². The minimum Gasteiger partial charge on any atom is -0.378 e. The molecule has 0 unspecified atom stereocenters. The minimum atomic E-state index is -0.0687. The average Bonchev–Trinajstić information content (AvgIpc) is 3.17. The van der Waals surface area contributed by atoms with Crippen molar-refractivity contribution in [2.45, 2.75) is 0 Å². The van der Waals surface area contributed by atoms with E-state index in [1.165, 1.54) is 0 Å². The van der Waals surface area contributed by atoms with Crippen LogP contribution in [0.4, 0.5) is 10.7 Å². The van der Waals surface area contributed by atoms with Crippen LogP contribution in [0.25, 0.3) is 11.1 Å². The molecule has 1 fully saturated rings. The lowest BCUT2D eigenvalue weighted by Crippen LogP contribution is -2.35. The number of nitrogens with one attached hydrogen (secondary N) is 1. The first-order valence-electron chi connectivity index (χ1n) is 8.80. The quantitative estimate of drug-likeness (QED) is 0.517. The Balaban J connectivity index is 1.68. The summed E-state index contributed by atoms with van der Waals surface area (Å²) in [7, 11) is 0. The van der Waals surface area contributed by atoms with Crippen molar-refractivity contribution in [3.8, 4) is 11.1 Å². The Hall–Kier alpha value is -1.90. The van der Waals surface area contributed by atoms with Crippen molar-refractivity contribution in [1.29, 1.82) is 0 Å². The van der Waals surface area contributed by atoms with Gasteiger partial charge in [-0.3, -0.25) is 4.79 Å². The molecule has 1 aliphatic rings. The smallest absolute Gasteiger partial charge is 0.265 e. The van der Waals surface area contributed by atoms with Crippen LogP contribution in [0.3, 0.4) is 0 Å². The summed E-state index contributed by atoms with van der Waals surface area (Å²) < 4.78 is 6.52. The Bertz CT molecular complexity index is 936. The third-order valence-electron chi connectivity index (χ3n) is 4.44. The molecule has 1 saturated heterocycles. The van der Waals surface area contributed by atoms with E-state index in [0.717, 1.165) is 56.6 Å². The van der Waals surface area contributed by atoms with Gasteiger partial charge in [-0.25, -0.2) is 0 Å². The first-order valence-corrected chi connectivity index (χ1v) is 10.7. The molecule has 0 bridgehead atoms. The first-order chi connectivity index (χ1) is 13.2. The van der Waals surface area contributed by atoms with Gasteiger partial charge in [0.25, 0.3) is 5.91 Å². The number of amides is 1. The van der Waals surface area contributed by atoms with E-state index in [4.69, 9.17) is 4.74 Å². The monoisotopic (exact) mass is 490 g/mol. The maximum atomic E-state index is 12.9. The molecule has 0 saturated carbocycles. The van der Waals surface area contributed by atoms with Gasteiger partial charge in [0.2, 0.25) is 0 Å². The van der Waals surface area contributed by atoms with Crippen LogP contribution in [0.1, 0.15) is 9.67 Å². The van der Waals surface area contributed by atoms with Gasteiger partial charge in [-0.05, 0) is 46.4 Å². The maximum Gasteiger partial charge on any atom is 0.265 e. The van der Waals surface area contributed by atoms with Crippen LogP contribution in [0.2, 0.25) is 0 Å². The summed E-state index contributed by atoms with van der Waals surface area (Å²) in [6.45, 7) is 3.13. The number of carbonyl (C=O) groups excluding carboxylic acids is 1. The van der Waals surface area contributed by atoms with E-state index in [2.05, 4.69) is 44.9 Å². The number of hydrogen-bond donors (Lipinski definition) is 1. The Kier molecular flexibility index (Phi) is 5.75. The fourth-order valence-electron chi connectivity index (χ4n) is 3.07. The maximum absolute atomic E-state index is 12.9. The van der Waals surface area contributed by atoms with E-state index in [0.29, 0.717) is 0 Å². The molecule has 1 N–H and O–H groups in total. The molecule has 1 amide bonds. The molecule has 1 aliphatic heterocycles. The molecule has 0 radical (unpaired) electrons. The molecule has 27 heavy (non-hydrogen) atoms. The van der Waals surface area contributed by atoms with Gasteiger partial charge in [-0.2, -0.15) is 0 Å². The number of ether oxygens (including phenoxy) is 1. The lowest BCUT2D eigenvalue weighted by Gasteiger charge is -2.28. The van der Waals surface area contributed by atoms with Crippen LogP contribution in [0.15, 0.2) is 60.7 Å². The highest BCUT2D eigenvalue weighted by molar-refractivity contribution is 14.1. The Labute approximate surface area is 176 Å². The van der Waals surface area contributed by atoms with Crippen molar-refractivity contribution in [3.63, 3.8) is 0 Å². The van der Waals surface area contributed by atoms with Crippen molar-refractivity contribution >= 4 is 50.5 Å². The van der Waals surface area contributed by atoms with Crippen LogP contribution in [-0.2, 0) is 4.74 Å². The molecule has 1 aromatic heterocycles. The van der Waals surface area contributed by atoms with Gasteiger partial charge in [-0.1, -0.05) is 42.5 Å². The molecule has 4 rings (SSSR count). The highest BCUT2D eigenvalue weighted by Crippen LogP contribution is 2.39. The zero-order valence-corrected chi connectivity index (χ0v) is 17.6. The number of rotatable bonds is 4. The second-order valence-electron chi connectivity index (χ2n) is 6.23. The van der Waals surface area contributed by atoms with Crippen molar-refractivity contribution in [2.24, 2.45) is 0 Å². The highest BCUT2D eigenvalue weighted by atomic mass is 127. The van der Waals surface area contributed by atoms with E-state index in [9.17, 15) is 4.79 Å². The van der Waals surface area contributed by atoms with Gasteiger partial charge in [0.15, 0.2) is 0 Å². The predicted molar refractivity (Wildman–Crippen MR) is 120 cm³/mol. The molecule has 6 heteroatoms. The number of anilines is 2. The summed E-state index contributed by atoms with van der Waals surface area (Å²) in [6.07, 6.45) is 0. The number of nitrogens with zero attached hydrogens (tertiary/aromatic N) is 1. The number of thiophene rings is 1. The van der Waals surface area contributed by atoms with Gasteiger partial charge < -0.3 is 15.0 Å². The van der Waals surface area contributed by atoms with Gasteiger partial charge in [-0.15, -0.1) is 11.3 Å². The lowest BCUT2D eigenvalue weighted by molar-refractivity contribution is 0.103. The number of benzene rings is 2. The zero-order chi connectivity index (χ0) is 18.6. The van der Waals surface area contributed by atoms with Gasteiger partial charge >= 0.3 is 0 Å². The number of carbonyl (C=O) groups is 1. The third kappa shape index (κ3) is 4.17. The van der Waals surface area contributed by atoms with Crippen LogP contribution in [0, 0.1) is 3.57 Å². The lowest BCUT2D eigenvalue weighted by atomic mass is 10.1. The topological polar surface area (TPSA) is 41.6 Å². The zero-order valence-electron chi connectivity index (χ0n) is 14.7. The molecule has 0 aliphatic carbocycles. The summed E-state index contributed by atoms with van der Waals surface area (Å²) in [4.78, 5) is 15.9. The fraction of sp³-hybridized carbons (Fsp3) is 0.190. The number of hydrogen-bond acceptors (Lipinski definition) is 4. The molecule has 3 aromatic rings. The standard InChI is InChI=1S/C21H19IN2O2S/c22-17-8-4-5-9-18(17)23-20(25)19-14-16(15-6-2-1-3-7-15)21(27-19)24-10-12-26-13-11-24/h1-9,14H,10-13H2,(H,23,25). The molecule has 0 spiro atoms. The summed E-state index contributed by atoms with van der Waals surface area (Å²) in [5, 5.41) is 4.18. The summed E-state index contributed by atoms with van der Waals surface area (Å²) in [5.74, 6) is -0.0687. The summed E-state index contributed by atoms with van der Waals surface area (Å²) in [5.41, 5.74) is 3.07. The van der Waals surface area contributed by atoms with Crippen molar-refractivity contribution < 1.29 is 9.53 Å². The second-order valence-corrected chi connectivity index (χ2v) is 8.42. The Morgan fingerprint density at radius 2 is 1.74 bits per heavy atom. The normalized spacial score (nSPS) is 14.2. The molecule has 2 aromatic carbocycles. The third-order valence-corrected chi connectivity index (χ3v) is 6.58. The summed E-state index contributed by atoms with van der Waals surface area (Å²) >= 11 is 3.79. The van der Waals surface area contributed by atoms with Crippen LogP contribution >= 0.6 is 33.9 Å². The molecular formula is C21H19IN2O2S. The fourth-order valence-corrected chi connectivity index (χ4v) is 4.72. The largest absolute Gasteiger partial charge is 0.378 e. The van der Waals surface area contributed by atoms with E-state index in [-0.39, 0.29) is 5.91 Å². The predicted octanol–water partition coefficient (Wildman–Crippen LogP) is 5.11. The number of halogens is 1. The molecule has 2 heterocycles. The average molecular weight is 490 g/mol. The molecule has 4 nitrogen and oxygen atoms in total. The van der Waals surface area contributed by atoms with Gasteiger partial charge in [0.05, 0.1) is 28.8 Å². The number of morpholine rings is 1. The number of para-hydroxylation sites is 1. The molecular weight excluding hydrogens is 471 g/mol. The molecule has 0 atom stereocenters. The SMILES string of the molecule is O=C(Nc1ccccc1I)c1cc(-c2ccccc2)c(N2CCOCC2)s1. The van der Waals surface area contributed by atoms with E-state index >= 15 is 0 Å². The Morgan fingerprint density at radius 1 is 1.04 bits per heavy atom. The first kappa shape index (κ1) is 18.5. The van der Waals surface area contributed by atoms with E-state index in [1.807, 2.05) is 48.5 Å². The summed E-state index contributed by atoms with van der Waals surface area (Å²) in [6, 6.07) is 20.1. The van der Waals surface area contributed by atoms with Crippen LogP contribution in [-0.4, -0.2) is 32.2 Å². The van der Waals surface area contributed by atoms with Crippen LogP contribution < -0.4 is 10.2 Å². The van der Waals surface area contributed by atoms with Gasteiger partial charge in [0.1, 0.15) is 0 Å². The van der Waals surface area contributed by atoms with Gasteiger partial charge in [0, 0.05) is 22.2 Å². The molecule has 138 valence electrons.